The van der Waals surface area contributed by atoms with Gasteiger partial charge in [0.1, 0.15) is 0 Å². The summed E-state index contributed by atoms with van der Waals surface area (Å²) in [6.07, 6.45) is 4.62. The Morgan fingerprint density at radius 1 is 1.20 bits per heavy atom. The van der Waals surface area contributed by atoms with E-state index in [0.29, 0.717) is 12.1 Å². The second-order valence-electron chi connectivity index (χ2n) is 5.62. The molecule has 90 valence electrons. The summed E-state index contributed by atoms with van der Waals surface area (Å²) < 4.78 is 0. The van der Waals surface area contributed by atoms with Crippen LogP contribution in [-0.4, -0.2) is 23.3 Å². The van der Waals surface area contributed by atoms with Gasteiger partial charge < -0.3 is 10.4 Å². The summed E-state index contributed by atoms with van der Waals surface area (Å²) in [6.45, 7) is 8.76. The number of hydrogen-bond acceptors (Lipinski definition) is 2. The number of aliphatic hydroxyl groups excluding tert-OH is 1. The fourth-order valence-electron chi connectivity index (χ4n) is 2.68. The molecule has 0 aromatic heterocycles. The van der Waals surface area contributed by atoms with E-state index >= 15 is 0 Å². The van der Waals surface area contributed by atoms with Crippen molar-refractivity contribution in [3.8, 4) is 0 Å². The predicted molar refractivity (Wildman–Crippen MR) is 64.9 cm³/mol. The van der Waals surface area contributed by atoms with E-state index in [1.54, 1.807) is 0 Å². The summed E-state index contributed by atoms with van der Waals surface area (Å²) in [5.41, 5.74) is 0. The molecule has 5 unspecified atom stereocenters. The van der Waals surface area contributed by atoms with Crippen molar-refractivity contribution in [1.29, 1.82) is 0 Å². The van der Waals surface area contributed by atoms with Crippen LogP contribution in [0.15, 0.2) is 0 Å². The first-order valence-corrected chi connectivity index (χ1v) is 6.43. The van der Waals surface area contributed by atoms with E-state index in [1.807, 2.05) is 6.92 Å². The Morgan fingerprint density at radius 3 is 2.40 bits per heavy atom. The molecule has 1 rings (SSSR count). The Balaban J connectivity index is 2.27. The zero-order valence-electron chi connectivity index (χ0n) is 10.7. The molecule has 0 radical (unpaired) electrons. The maximum atomic E-state index is 9.31. The largest absolute Gasteiger partial charge is 0.393 e. The average Bonchev–Trinajstić information content (AvgIpc) is 2.10. The lowest BCUT2D eigenvalue weighted by Gasteiger charge is -2.34. The predicted octanol–water partition coefficient (Wildman–Crippen LogP) is 2.56. The highest BCUT2D eigenvalue weighted by atomic mass is 16.3. The molecule has 1 fully saturated rings. The minimum absolute atomic E-state index is 0.188. The van der Waals surface area contributed by atoms with Crippen LogP contribution in [0.1, 0.15) is 53.4 Å². The lowest BCUT2D eigenvalue weighted by Crippen LogP contribution is -2.42. The van der Waals surface area contributed by atoms with Crippen molar-refractivity contribution in [3.05, 3.63) is 0 Å². The molecule has 1 aliphatic rings. The third-order valence-electron chi connectivity index (χ3n) is 3.81. The molecule has 0 heterocycles. The third kappa shape index (κ3) is 4.52. The second kappa shape index (κ2) is 5.86. The van der Waals surface area contributed by atoms with Crippen molar-refractivity contribution in [2.45, 2.75) is 71.6 Å². The zero-order valence-corrected chi connectivity index (χ0v) is 10.7. The van der Waals surface area contributed by atoms with Gasteiger partial charge in [-0.3, -0.25) is 0 Å². The minimum atomic E-state index is -0.188. The zero-order chi connectivity index (χ0) is 11.4. The highest BCUT2D eigenvalue weighted by molar-refractivity contribution is 4.81. The Kier molecular flexibility index (Phi) is 5.07. The average molecular weight is 213 g/mol. The van der Waals surface area contributed by atoms with Crippen LogP contribution in [0, 0.1) is 11.8 Å². The molecule has 15 heavy (non-hydrogen) atoms. The Morgan fingerprint density at radius 2 is 1.87 bits per heavy atom. The first-order chi connectivity index (χ1) is 6.99. The molecule has 1 saturated carbocycles. The van der Waals surface area contributed by atoms with Crippen LogP contribution in [0.3, 0.4) is 0 Å². The quantitative estimate of drug-likeness (QED) is 0.752. The Labute approximate surface area is 94.5 Å². The van der Waals surface area contributed by atoms with Gasteiger partial charge in [0.05, 0.1) is 6.10 Å². The summed E-state index contributed by atoms with van der Waals surface area (Å²) in [4.78, 5) is 0. The van der Waals surface area contributed by atoms with Crippen molar-refractivity contribution in [3.63, 3.8) is 0 Å². The van der Waals surface area contributed by atoms with Gasteiger partial charge in [0.15, 0.2) is 0 Å². The number of rotatable bonds is 4. The second-order valence-corrected chi connectivity index (χ2v) is 5.62. The molecule has 2 N–H and O–H groups in total. The van der Waals surface area contributed by atoms with Crippen LogP contribution in [0.4, 0.5) is 0 Å². The summed E-state index contributed by atoms with van der Waals surface area (Å²) in [5, 5.41) is 12.9. The van der Waals surface area contributed by atoms with Gasteiger partial charge in [-0.25, -0.2) is 0 Å². The standard InChI is InChI=1S/C13H27NO/c1-9-5-6-13(7-10(9)2)14-11(3)8-12(4)15/h9-15H,5-8H2,1-4H3. The SMILES string of the molecule is CC(O)CC(C)NC1CCC(C)C(C)C1. The van der Waals surface area contributed by atoms with Gasteiger partial charge in [0.25, 0.3) is 0 Å². The van der Waals surface area contributed by atoms with Crippen LogP contribution in [0.25, 0.3) is 0 Å². The molecule has 0 aromatic rings. The molecule has 2 nitrogen and oxygen atoms in total. The van der Waals surface area contributed by atoms with Crippen LogP contribution in [-0.2, 0) is 0 Å². The molecule has 1 aliphatic carbocycles. The summed E-state index contributed by atoms with van der Waals surface area (Å²) in [5.74, 6) is 1.73. The number of nitrogens with one attached hydrogen (secondary N) is 1. The molecule has 2 heteroatoms. The van der Waals surface area contributed by atoms with E-state index in [0.717, 1.165) is 18.3 Å². The van der Waals surface area contributed by atoms with E-state index in [2.05, 4.69) is 26.1 Å². The highest BCUT2D eigenvalue weighted by Gasteiger charge is 2.25. The van der Waals surface area contributed by atoms with E-state index in [-0.39, 0.29) is 6.10 Å². The Hall–Kier alpha value is -0.0800. The van der Waals surface area contributed by atoms with Gasteiger partial charge in [-0.05, 0) is 51.4 Å². The molecule has 0 aromatic carbocycles. The fraction of sp³-hybridized carbons (Fsp3) is 1.00. The third-order valence-corrected chi connectivity index (χ3v) is 3.81. The lowest BCUT2D eigenvalue weighted by atomic mass is 9.79. The minimum Gasteiger partial charge on any atom is -0.393 e. The highest BCUT2D eigenvalue weighted by Crippen LogP contribution is 2.29. The van der Waals surface area contributed by atoms with E-state index in [1.165, 1.54) is 19.3 Å². The van der Waals surface area contributed by atoms with Gasteiger partial charge in [-0.15, -0.1) is 0 Å². The monoisotopic (exact) mass is 213 g/mol. The molecule has 0 amide bonds. The van der Waals surface area contributed by atoms with Gasteiger partial charge in [0, 0.05) is 12.1 Å². The maximum absolute atomic E-state index is 9.31. The molecule has 0 spiro atoms. The molecule has 0 saturated heterocycles. The van der Waals surface area contributed by atoms with Crippen LogP contribution >= 0.6 is 0 Å². The van der Waals surface area contributed by atoms with Gasteiger partial charge in [0.2, 0.25) is 0 Å². The fourth-order valence-corrected chi connectivity index (χ4v) is 2.68. The molecule has 5 atom stereocenters. The number of hydrogen-bond donors (Lipinski definition) is 2. The van der Waals surface area contributed by atoms with Gasteiger partial charge in [-0.2, -0.15) is 0 Å². The topological polar surface area (TPSA) is 32.3 Å². The normalized spacial score (nSPS) is 36.2. The van der Waals surface area contributed by atoms with Crippen molar-refractivity contribution in [2.75, 3.05) is 0 Å². The van der Waals surface area contributed by atoms with Crippen molar-refractivity contribution >= 4 is 0 Å². The van der Waals surface area contributed by atoms with Crippen LogP contribution in [0.2, 0.25) is 0 Å². The maximum Gasteiger partial charge on any atom is 0.0526 e. The lowest BCUT2D eigenvalue weighted by molar-refractivity contribution is 0.157. The van der Waals surface area contributed by atoms with Gasteiger partial charge >= 0.3 is 0 Å². The number of aliphatic hydroxyl groups is 1. The van der Waals surface area contributed by atoms with Crippen molar-refractivity contribution in [1.82, 2.24) is 5.32 Å². The van der Waals surface area contributed by atoms with Crippen molar-refractivity contribution in [2.24, 2.45) is 11.8 Å². The van der Waals surface area contributed by atoms with Gasteiger partial charge in [-0.1, -0.05) is 13.8 Å². The summed E-state index contributed by atoms with van der Waals surface area (Å²) in [7, 11) is 0. The first-order valence-electron chi connectivity index (χ1n) is 6.43. The molecule has 0 aliphatic heterocycles. The van der Waals surface area contributed by atoms with E-state index in [9.17, 15) is 5.11 Å². The smallest absolute Gasteiger partial charge is 0.0526 e. The van der Waals surface area contributed by atoms with E-state index < -0.39 is 0 Å². The van der Waals surface area contributed by atoms with Crippen LogP contribution < -0.4 is 5.32 Å². The molecule has 0 bridgehead atoms. The summed E-state index contributed by atoms with van der Waals surface area (Å²) in [6, 6.07) is 1.11. The summed E-state index contributed by atoms with van der Waals surface area (Å²) >= 11 is 0. The van der Waals surface area contributed by atoms with E-state index in [4.69, 9.17) is 0 Å². The van der Waals surface area contributed by atoms with Crippen molar-refractivity contribution < 1.29 is 5.11 Å². The Bertz CT molecular complexity index is 181. The first kappa shape index (κ1) is 13.0. The molecular weight excluding hydrogens is 186 g/mol. The molecular formula is C13H27NO. The van der Waals surface area contributed by atoms with Crippen LogP contribution in [0.5, 0.6) is 0 Å².